The molecule has 2 aliphatic rings. The van der Waals surface area contributed by atoms with E-state index in [-0.39, 0.29) is 18.2 Å². The van der Waals surface area contributed by atoms with E-state index in [0.29, 0.717) is 23.1 Å². The van der Waals surface area contributed by atoms with E-state index in [4.69, 9.17) is 14.6 Å². The summed E-state index contributed by atoms with van der Waals surface area (Å²) < 4.78 is 50.6. The van der Waals surface area contributed by atoms with Crippen LogP contribution in [-0.2, 0) is 15.8 Å². The van der Waals surface area contributed by atoms with Gasteiger partial charge in [-0.2, -0.15) is 23.3 Å². The Balaban J connectivity index is 1.35. The van der Waals surface area contributed by atoms with Gasteiger partial charge in [0.1, 0.15) is 16.7 Å². The molecule has 0 fully saturated rings. The van der Waals surface area contributed by atoms with Crippen LogP contribution in [0.1, 0.15) is 35.6 Å². The zero-order chi connectivity index (χ0) is 29.1. The summed E-state index contributed by atoms with van der Waals surface area (Å²) in [5, 5.41) is 8.17. The van der Waals surface area contributed by atoms with Gasteiger partial charge in [0, 0.05) is 12.8 Å². The Bertz CT molecular complexity index is 1510. The molecule has 5 rings (SSSR count). The van der Waals surface area contributed by atoms with Crippen molar-refractivity contribution in [2.24, 2.45) is 10.1 Å². The molecule has 0 saturated carbocycles. The predicted molar refractivity (Wildman–Crippen MR) is 150 cm³/mol. The van der Waals surface area contributed by atoms with Crippen LogP contribution in [0.3, 0.4) is 0 Å². The van der Waals surface area contributed by atoms with Crippen LogP contribution in [0.15, 0.2) is 82.9 Å². The summed E-state index contributed by atoms with van der Waals surface area (Å²) in [5.74, 6) is 0.122. The average molecular weight is 583 g/mol. The van der Waals surface area contributed by atoms with Crippen LogP contribution in [0.4, 0.5) is 18.9 Å². The molecule has 0 spiro atoms. The van der Waals surface area contributed by atoms with E-state index in [0.717, 1.165) is 34.7 Å². The number of hydrazone groups is 1. The largest absolute Gasteiger partial charge is 0.497 e. The van der Waals surface area contributed by atoms with Crippen LogP contribution in [0.5, 0.6) is 11.5 Å². The average Bonchev–Trinajstić information content (AvgIpc) is 3.56. The van der Waals surface area contributed by atoms with Crippen molar-refractivity contribution < 1.29 is 32.2 Å². The molecule has 2 atom stereocenters. The molecule has 2 amide bonds. The van der Waals surface area contributed by atoms with Gasteiger partial charge in [0.05, 0.1) is 37.2 Å². The second-order valence-electron chi connectivity index (χ2n) is 9.25. The molecule has 2 heterocycles. The number of hydrogen-bond acceptors (Lipinski definition) is 7. The van der Waals surface area contributed by atoms with Crippen molar-refractivity contribution in [3.63, 3.8) is 0 Å². The van der Waals surface area contributed by atoms with Crippen LogP contribution in [0.25, 0.3) is 0 Å². The Labute approximate surface area is 238 Å². The number of alkyl halides is 3. The van der Waals surface area contributed by atoms with E-state index in [1.54, 1.807) is 19.2 Å². The number of ether oxygens (including phenoxy) is 2. The number of para-hydroxylation sites is 1. The predicted octanol–water partition coefficient (Wildman–Crippen LogP) is 5.90. The zero-order valence-electron chi connectivity index (χ0n) is 22.0. The van der Waals surface area contributed by atoms with Crippen LogP contribution in [0.2, 0.25) is 0 Å². The van der Waals surface area contributed by atoms with Gasteiger partial charge in [-0.25, -0.2) is 5.01 Å². The van der Waals surface area contributed by atoms with Gasteiger partial charge in [-0.1, -0.05) is 36.0 Å². The molecule has 3 aromatic rings. The summed E-state index contributed by atoms with van der Waals surface area (Å²) in [6.45, 7) is 0. The first-order valence-corrected chi connectivity index (χ1v) is 13.4. The van der Waals surface area contributed by atoms with Crippen molar-refractivity contribution in [3.05, 3.63) is 89.5 Å². The molecule has 0 radical (unpaired) electrons. The standard InChI is InChI=1S/C29H25F3N4O4S/c1-39-19-11-7-17(8-12-19)23-15-24(18-9-13-20(40-2)14-10-18)36(35-23)28-34-27(38)25(41-28)16-26(37)33-22-6-4-3-5-21(22)29(30,31)32/h3-14,24-25H,15-16H2,1-2H3,(H,33,37). The summed E-state index contributed by atoms with van der Waals surface area (Å²) in [5.41, 5.74) is 1.24. The van der Waals surface area contributed by atoms with Crippen molar-refractivity contribution >= 4 is 40.1 Å². The van der Waals surface area contributed by atoms with Gasteiger partial charge in [0.2, 0.25) is 5.91 Å². The van der Waals surface area contributed by atoms with Gasteiger partial charge < -0.3 is 14.8 Å². The second kappa shape index (κ2) is 11.7. The normalized spacial score (nSPS) is 18.7. The molecule has 1 N–H and O–H groups in total. The van der Waals surface area contributed by atoms with Crippen LogP contribution in [-0.4, -0.2) is 47.2 Å². The number of carbonyl (C=O) groups excluding carboxylic acids is 2. The summed E-state index contributed by atoms with van der Waals surface area (Å²) in [4.78, 5) is 29.7. The first kappa shape index (κ1) is 28.2. The molecule has 41 heavy (non-hydrogen) atoms. The minimum Gasteiger partial charge on any atom is -0.497 e. The monoisotopic (exact) mass is 582 g/mol. The molecular formula is C29H25F3N4O4S. The van der Waals surface area contributed by atoms with E-state index in [1.165, 1.54) is 18.2 Å². The highest BCUT2D eigenvalue weighted by molar-refractivity contribution is 8.15. The number of benzene rings is 3. The highest BCUT2D eigenvalue weighted by Gasteiger charge is 2.40. The molecule has 3 aromatic carbocycles. The lowest BCUT2D eigenvalue weighted by Crippen LogP contribution is -2.25. The maximum absolute atomic E-state index is 13.3. The van der Waals surface area contributed by atoms with Crippen molar-refractivity contribution in [3.8, 4) is 11.5 Å². The van der Waals surface area contributed by atoms with Crippen molar-refractivity contribution in [2.75, 3.05) is 19.5 Å². The molecular weight excluding hydrogens is 557 g/mol. The summed E-state index contributed by atoms with van der Waals surface area (Å²) in [6, 6.07) is 19.4. The highest BCUT2D eigenvalue weighted by atomic mass is 32.2. The highest BCUT2D eigenvalue weighted by Crippen LogP contribution is 2.40. The van der Waals surface area contributed by atoms with Gasteiger partial charge in [-0.05, 0) is 59.7 Å². The van der Waals surface area contributed by atoms with Gasteiger partial charge in [0.25, 0.3) is 5.91 Å². The third-order valence-electron chi connectivity index (χ3n) is 6.64. The quantitative estimate of drug-likeness (QED) is 0.373. The lowest BCUT2D eigenvalue weighted by molar-refractivity contribution is -0.137. The minimum atomic E-state index is -4.64. The van der Waals surface area contributed by atoms with Crippen LogP contribution < -0.4 is 14.8 Å². The second-order valence-corrected chi connectivity index (χ2v) is 10.4. The van der Waals surface area contributed by atoms with Gasteiger partial charge in [0.15, 0.2) is 5.17 Å². The molecule has 12 heteroatoms. The first-order valence-electron chi connectivity index (χ1n) is 12.6. The van der Waals surface area contributed by atoms with E-state index < -0.39 is 28.8 Å². The lowest BCUT2D eigenvalue weighted by Gasteiger charge is -2.23. The zero-order valence-corrected chi connectivity index (χ0v) is 22.8. The topological polar surface area (TPSA) is 92.6 Å². The van der Waals surface area contributed by atoms with Gasteiger partial charge >= 0.3 is 6.18 Å². The molecule has 8 nitrogen and oxygen atoms in total. The van der Waals surface area contributed by atoms with Crippen LogP contribution in [0, 0.1) is 0 Å². The molecule has 2 aliphatic heterocycles. The van der Waals surface area contributed by atoms with E-state index in [2.05, 4.69) is 10.3 Å². The number of methoxy groups -OCH3 is 2. The Morgan fingerprint density at radius 3 is 2.27 bits per heavy atom. The Morgan fingerprint density at radius 2 is 1.63 bits per heavy atom. The molecule has 0 aliphatic carbocycles. The Morgan fingerprint density at radius 1 is 1.00 bits per heavy atom. The van der Waals surface area contributed by atoms with Gasteiger partial charge in [-0.3, -0.25) is 9.59 Å². The number of aliphatic imine (C=N–C) groups is 1. The number of nitrogens with zero attached hydrogens (tertiary/aromatic N) is 3. The summed E-state index contributed by atoms with van der Waals surface area (Å²) in [6.07, 6.45) is -4.46. The number of amidine groups is 1. The molecule has 2 unspecified atom stereocenters. The number of anilines is 1. The fourth-order valence-electron chi connectivity index (χ4n) is 4.54. The Kier molecular flexibility index (Phi) is 8.02. The molecule has 212 valence electrons. The maximum atomic E-state index is 13.3. The van der Waals surface area contributed by atoms with Crippen molar-refractivity contribution in [2.45, 2.75) is 30.3 Å². The number of halogens is 3. The van der Waals surface area contributed by atoms with Gasteiger partial charge in [-0.15, -0.1) is 0 Å². The SMILES string of the molecule is COc1ccc(C2=NN(C3=NC(=O)C(CC(=O)Nc4ccccc4C(F)(F)F)S3)C(c3ccc(OC)cc3)C2)cc1. The number of hydrogen-bond donors (Lipinski definition) is 1. The lowest BCUT2D eigenvalue weighted by atomic mass is 9.98. The first-order chi connectivity index (χ1) is 19.7. The van der Waals surface area contributed by atoms with Crippen molar-refractivity contribution in [1.29, 1.82) is 0 Å². The number of nitrogens with one attached hydrogen (secondary N) is 1. The smallest absolute Gasteiger partial charge is 0.418 e. The van der Waals surface area contributed by atoms with E-state index in [1.807, 2.05) is 48.5 Å². The molecule has 0 saturated heterocycles. The maximum Gasteiger partial charge on any atom is 0.418 e. The number of thioether (sulfide) groups is 1. The third kappa shape index (κ3) is 6.22. The van der Waals surface area contributed by atoms with Crippen LogP contribution >= 0.6 is 11.8 Å². The fourth-order valence-corrected chi connectivity index (χ4v) is 5.61. The molecule has 0 aromatic heterocycles. The summed E-state index contributed by atoms with van der Waals surface area (Å²) >= 11 is 1.07. The fraction of sp³-hybridized carbons (Fsp3) is 0.241. The third-order valence-corrected chi connectivity index (χ3v) is 7.78. The van der Waals surface area contributed by atoms with E-state index in [9.17, 15) is 22.8 Å². The number of rotatable bonds is 7. The number of carbonyl (C=O) groups is 2. The van der Waals surface area contributed by atoms with Crippen molar-refractivity contribution in [1.82, 2.24) is 5.01 Å². The number of amides is 2. The molecule has 0 bridgehead atoms. The van der Waals surface area contributed by atoms with E-state index >= 15 is 0 Å². The minimum absolute atomic E-state index is 0.289. The Hall–Kier alpha value is -4.32. The summed E-state index contributed by atoms with van der Waals surface area (Å²) in [7, 11) is 3.16.